The van der Waals surface area contributed by atoms with E-state index in [2.05, 4.69) is 21.2 Å². The van der Waals surface area contributed by atoms with Crippen molar-refractivity contribution >= 4 is 39.3 Å². The third-order valence-corrected chi connectivity index (χ3v) is 3.44. The van der Waals surface area contributed by atoms with Crippen molar-refractivity contribution in [2.45, 2.75) is 6.92 Å². The highest BCUT2D eigenvalue weighted by molar-refractivity contribution is 9.10. The molecule has 0 bridgehead atoms. The number of esters is 1. The van der Waals surface area contributed by atoms with Crippen molar-refractivity contribution in [1.29, 1.82) is 0 Å². The lowest BCUT2D eigenvalue weighted by Gasteiger charge is -2.07. The predicted octanol–water partition coefficient (Wildman–Crippen LogP) is 3.45. The summed E-state index contributed by atoms with van der Waals surface area (Å²) in [6, 6.07) is 13.2. The Morgan fingerprint density at radius 1 is 1.04 bits per heavy atom. The standard InChI is InChI=1S/C17H14BrNO4/c1-11(20)12-4-3-7-15(9-12)19-16(21)10-23-17(22)13-5-2-6-14(18)8-13/h2-9H,10H2,1H3,(H,19,21). The molecule has 1 N–H and O–H groups in total. The maximum absolute atomic E-state index is 11.8. The van der Waals surface area contributed by atoms with Crippen LogP contribution in [0.5, 0.6) is 0 Å². The fraction of sp³-hybridized carbons (Fsp3) is 0.118. The number of ketones is 1. The Hall–Kier alpha value is -2.47. The highest BCUT2D eigenvalue weighted by Gasteiger charge is 2.11. The molecule has 2 aromatic rings. The molecule has 0 aliphatic rings. The molecule has 0 radical (unpaired) electrons. The second kappa shape index (κ2) is 7.69. The van der Waals surface area contributed by atoms with Crippen LogP contribution in [0.1, 0.15) is 27.6 Å². The van der Waals surface area contributed by atoms with Crippen LogP contribution in [0.15, 0.2) is 53.0 Å². The number of Topliss-reactive ketones (excluding diaryl/α,β-unsaturated/α-hetero) is 1. The molecule has 0 aliphatic carbocycles. The van der Waals surface area contributed by atoms with Gasteiger partial charge >= 0.3 is 5.97 Å². The third-order valence-electron chi connectivity index (χ3n) is 2.95. The molecular weight excluding hydrogens is 362 g/mol. The molecule has 0 saturated heterocycles. The number of hydrogen-bond acceptors (Lipinski definition) is 4. The molecule has 1 amide bonds. The summed E-state index contributed by atoms with van der Waals surface area (Å²) in [4.78, 5) is 34.9. The molecule has 2 rings (SSSR count). The first-order valence-electron chi connectivity index (χ1n) is 6.79. The topological polar surface area (TPSA) is 72.5 Å². The second-order valence-corrected chi connectivity index (χ2v) is 5.69. The summed E-state index contributed by atoms with van der Waals surface area (Å²) in [5.74, 6) is -1.16. The van der Waals surface area contributed by atoms with Gasteiger partial charge < -0.3 is 10.1 Å². The number of rotatable bonds is 5. The Labute approximate surface area is 141 Å². The van der Waals surface area contributed by atoms with Crippen molar-refractivity contribution in [3.05, 3.63) is 64.1 Å². The van der Waals surface area contributed by atoms with Gasteiger partial charge in [0.1, 0.15) is 0 Å². The number of carbonyl (C=O) groups is 3. The number of nitrogens with one attached hydrogen (secondary N) is 1. The molecule has 0 fully saturated rings. The fourth-order valence-corrected chi connectivity index (χ4v) is 2.24. The van der Waals surface area contributed by atoms with E-state index in [0.717, 1.165) is 4.47 Å². The number of amides is 1. The molecule has 118 valence electrons. The molecule has 0 aromatic heterocycles. The van der Waals surface area contributed by atoms with Gasteiger partial charge in [-0.25, -0.2) is 4.79 Å². The zero-order valence-corrected chi connectivity index (χ0v) is 13.9. The van der Waals surface area contributed by atoms with Crippen LogP contribution >= 0.6 is 15.9 Å². The van der Waals surface area contributed by atoms with Crippen molar-refractivity contribution in [1.82, 2.24) is 0 Å². The molecule has 0 atom stereocenters. The van der Waals surface area contributed by atoms with Crippen LogP contribution < -0.4 is 5.32 Å². The molecule has 2 aromatic carbocycles. The predicted molar refractivity (Wildman–Crippen MR) is 89.5 cm³/mol. The van der Waals surface area contributed by atoms with Crippen molar-refractivity contribution in [3.8, 4) is 0 Å². The van der Waals surface area contributed by atoms with Gasteiger partial charge in [0.25, 0.3) is 5.91 Å². The van der Waals surface area contributed by atoms with Crippen LogP contribution in [0.2, 0.25) is 0 Å². The van der Waals surface area contributed by atoms with Gasteiger partial charge in [-0.05, 0) is 37.3 Å². The maximum atomic E-state index is 11.8. The summed E-state index contributed by atoms with van der Waals surface area (Å²) in [5, 5.41) is 2.58. The first-order chi connectivity index (χ1) is 11.0. The Kier molecular flexibility index (Phi) is 5.65. The largest absolute Gasteiger partial charge is 0.452 e. The summed E-state index contributed by atoms with van der Waals surface area (Å²) in [7, 11) is 0. The molecular formula is C17H14BrNO4. The lowest BCUT2D eigenvalue weighted by molar-refractivity contribution is -0.119. The zero-order chi connectivity index (χ0) is 16.8. The molecule has 0 spiro atoms. The van der Waals surface area contributed by atoms with E-state index >= 15 is 0 Å². The summed E-state index contributed by atoms with van der Waals surface area (Å²) in [5.41, 5.74) is 1.32. The average Bonchev–Trinajstić information content (AvgIpc) is 2.53. The molecule has 6 heteroatoms. The van der Waals surface area contributed by atoms with Crippen molar-refractivity contribution < 1.29 is 19.1 Å². The minimum Gasteiger partial charge on any atom is -0.452 e. The SMILES string of the molecule is CC(=O)c1cccc(NC(=O)COC(=O)c2cccc(Br)c2)c1. The van der Waals surface area contributed by atoms with Crippen molar-refractivity contribution in [3.63, 3.8) is 0 Å². The van der Waals surface area contributed by atoms with Crippen LogP contribution in [0.25, 0.3) is 0 Å². The van der Waals surface area contributed by atoms with Gasteiger partial charge in [0.05, 0.1) is 5.56 Å². The lowest BCUT2D eigenvalue weighted by Crippen LogP contribution is -2.21. The van der Waals surface area contributed by atoms with E-state index in [4.69, 9.17) is 4.74 Å². The molecule has 23 heavy (non-hydrogen) atoms. The van der Waals surface area contributed by atoms with Gasteiger partial charge in [-0.1, -0.05) is 34.1 Å². The van der Waals surface area contributed by atoms with E-state index in [1.807, 2.05) is 0 Å². The first kappa shape index (κ1) is 16.9. The number of halogens is 1. The quantitative estimate of drug-likeness (QED) is 0.641. The monoisotopic (exact) mass is 375 g/mol. The maximum Gasteiger partial charge on any atom is 0.338 e. The third kappa shape index (κ3) is 5.03. The Morgan fingerprint density at radius 2 is 1.74 bits per heavy atom. The molecule has 0 saturated carbocycles. The van der Waals surface area contributed by atoms with Crippen LogP contribution in [-0.4, -0.2) is 24.3 Å². The Morgan fingerprint density at radius 3 is 2.43 bits per heavy atom. The van der Waals surface area contributed by atoms with Gasteiger partial charge in [-0.15, -0.1) is 0 Å². The Bertz CT molecular complexity index is 758. The van der Waals surface area contributed by atoms with Crippen molar-refractivity contribution in [2.75, 3.05) is 11.9 Å². The molecule has 0 aliphatic heterocycles. The van der Waals surface area contributed by atoms with Crippen LogP contribution in [0.4, 0.5) is 5.69 Å². The normalized spacial score (nSPS) is 10.0. The number of ether oxygens (including phenoxy) is 1. The Balaban J connectivity index is 1.91. The van der Waals surface area contributed by atoms with Gasteiger partial charge in [0, 0.05) is 15.7 Å². The van der Waals surface area contributed by atoms with Crippen molar-refractivity contribution in [2.24, 2.45) is 0 Å². The average molecular weight is 376 g/mol. The number of anilines is 1. The number of carbonyl (C=O) groups excluding carboxylic acids is 3. The van der Waals surface area contributed by atoms with E-state index in [0.29, 0.717) is 16.8 Å². The molecule has 0 unspecified atom stereocenters. The summed E-state index contributed by atoms with van der Waals surface area (Å²) >= 11 is 3.26. The summed E-state index contributed by atoms with van der Waals surface area (Å²) < 4.78 is 5.70. The van der Waals surface area contributed by atoms with E-state index in [-0.39, 0.29) is 5.78 Å². The van der Waals surface area contributed by atoms with E-state index in [1.165, 1.54) is 6.92 Å². The highest BCUT2D eigenvalue weighted by atomic mass is 79.9. The molecule has 5 nitrogen and oxygen atoms in total. The van der Waals surface area contributed by atoms with E-state index in [9.17, 15) is 14.4 Å². The minimum absolute atomic E-state index is 0.0952. The number of benzene rings is 2. The minimum atomic E-state index is -0.584. The zero-order valence-electron chi connectivity index (χ0n) is 12.3. The van der Waals surface area contributed by atoms with Gasteiger partial charge in [-0.3, -0.25) is 9.59 Å². The van der Waals surface area contributed by atoms with Gasteiger partial charge in [-0.2, -0.15) is 0 Å². The molecule has 0 heterocycles. The highest BCUT2D eigenvalue weighted by Crippen LogP contribution is 2.13. The van der Waals surface area contributed by atoms with Gasteiger partial charge in [0.15, 0.2) is 12.4 Å². The number of hydrogen-bond donors (Lipinski definition) is 1. The van der Waals surface area contributed by atoms with Crippen LogP contribution in [-0.2, 0) is 9.53 Å². The van der Waals surface area contributed by atoms with E-state index in [1.54, 1.807) is 48.5 Å². The fourth-order valence-electron chi connectivity index (χ4n) is 1.84. The summed E-state index contributed by atoms with van der Waals surface area (Å²) in [6.45, 7) is 1.04. The first-order valence-corrected chi connectivity index (χ1v) is 7.58. The summed E-state index contributed by atoms with van der Waals surface area (Å²) in [6.07, 6.45) is 0. The lowest BCUT2D eigenvalue weighted by atomic mass is 10.1. The second-order valence-electron chi connectivity index (χ2n) is 4.77. The van der Waals surface area contributed by atoms with Crippen LogP contribution in [0.3, 0.4) is 0 Å². The smallest absolute Gasteiger partial charge is 0.338 e. The van der Waals surface area contributed by atoms with E-state index < -0.39 is 18.5 Å². The van der Waals surface area contributed by atoms with Gasteiger partial charge in [0.2, 0.25) is 0 Å². The van der Waals surface area contributed by atoms with Crippen LogP contribution in [0, 0.1) is 0 Å².